The Balaban J connectivity index is 3.16. The number of aryl methyl sites for hydroxylation is 1. The number of rotatable bonds is 3. The van der Waals surface area contributed by atoms with Gasteiger partial charge in [-0.05, 0) is 42.5 Å². The summed E-state index contributed by atoms with van der Waals surface area (Å²) in [6.45, 7) is 6.54. The molecule has 0 spiro atoms. The Bertz CT molecular complexity index is 378. The van der Waals surface area contributed by atoms with Gasteiger partial charge < -0.3 is 0 Å². The summed E-state index contributed by atoms with van der Waals surface area (Å²) in [6.07, 6.45) is 2.75. The molecule has 0 bridgehead atoms. The maximum Gasteiger partial charge on any atom is 0.0528 e. The first-order valence-electron chi connectivity index (χ1n) is 4.65. The van der Waals surface area contributed by atoms with E-state index in [4.69, 9.17) is 5.53 Å². The van der Waals surface area contributed by atoms with E-state index in [1.807, 2.05) is 6.92 Å². The molecule has 0 atom stereocenters. The zero-order chi connectivity index (χ0) is 10.6. The smallest absolute Gasteiger partial charge is 0.0528 e. The fourth-order valence-corrected chi connectivity index (χ4v) is 1.54. The molecular weight excluding hydrogens is 176 g/mol. The summed E-state index contributed by atoms with van der Waals surface area (Å²) in [6, 6.07) is 0. The second-order valence-corrected chi connectivity index (χ2v) is 3.21. The highest BCUT2D eigenvalue weighted by atomic mass is 15.1. The highest BCUT2D eigenvalue weighted by Gasteiger charge is 2.06. The van der Waals surface area contributed by atoms with E-state index in [1.54, 1.807) is 6.20 Å². The number of aromatic nitrogens is 1. The Morgan fingerprint density at radius 3 is 2.79 bits per heavy atom. The van der Waals surface area contributed by atoms with E-state index in [9.17, 15) is 0 Å². The molecule has 0 unspecified atom stereocenters. The molecule has 1 aromatic rings. The lowest BCUT2D eigenvalue weighted by molar-refractivity contribution is 0.941. The van der Waals surface area contributed by atoms with Crippen LogP contribution in [0.2, 0.25) is 0 Å². The average Bonchev–Trinajstić information content (AvgIpc) is 2.20. The van der Waals surface area contributed by atoms with Crippen molar-refractivity contribution in [3.8, 4) is 0 Å². The lowest BCUT2D eigenvalue weighted by Gasteiger charge is -2.10. The molecular formula is C10H14N4. The van der Waals surface area contributed by atoms with Gasteiger partial charge in [0, 0.05) is 16.8 Å². The Morgan fingerprint density at radius 1 is 1.50 bits per heavy atom. The van der Waals surface area contributed by atoms with Gasteiger partial charge in [-0.3, -0.25) is 4.98 Å². The second-order valence-electron chi connectivity index (χ2n) is 3.21. The molecule has 0 fully saturated rings. The molecule has 0 saturated carbocycles. The molecule has 74 valence electrons. The van der Waals surface area contributed by atoms with E-state index in [2.05, 4.69) is 28.9 Å². The van der Waals surface area contributed by atoms with Gasteiger partial charge in [-0.2, -0.15) is 0 Å². The standard InChI is InChI=1S/C10H14N4/c1-4-10-7(2)8(3)12-5-9(10)6-13-14-11/h5H,4,6H2,1-3H3. The minimum absolute atomic E-state index is 0.397. The first kappa shape index (κ1) is 10.5. The van der Waals surface area contributed by atoms with Crippen molar-refractivity contribution in [2.24, 2.45) is 5.11 Å². The van der Waals surface area contributed by atoms with Crippen LogP contribution >= 0.6 is 0 Å². The summed E-state index contributed by atoms with van der Waals surface area (Å²) < 4.78 is 0. The van der Waals surface area contributed by atoms with E-state index in [0.717, 1.165) is 17.7 Å². The topological polar surface area (TPSA) is 61.7 Å². The van der Waals surface area contributed by atoms with Crippen molar-refractivity contribution in [2.45, 2.75) is 33.7 Å². The van der Waals surface area contributed by atoms with Crippen molar-refractivity contribution >= 4 is 0 Å². The lowest BCUT2D eigenvalue weighted by Crippen LogP contribution is -1.99. The largest absolute Gasteiger partial charge is 0.261 e. The minimum atomic E-state index is 0.397. The predicted octanol–water partition coefficient (Wildman–Crippen LogP) is 3.07. The van der Waals surface area contributed by atoms with E-state index >= 15 is 0 Å². The summed E-state index contributed by atoms with van der Waals surface area (Å²) >= 11 is 0. The molecule has 1 heterocycles. The maximum absolute atomic E-state index is 8.25. The van der Waals surface area contributed by atoms with Crippen LogP contribution in [0.15, 0.2) is 11.3 Å². The molecule has 14 heavy (non-hydrogen) atoms. The van der Waals surface area contributed by atoms with Crippen molar-refractivity contribution in [2.75, 3.05) is 0 Å². The highest BCUT2D eigenvalue weighted by Crippen LogP contribution is 2.17. The van der Waals surface area contributed by atoms with Gasteiger partial charge in [-0.15, -0.1) is 0 Å². The summed E-state index contributed by atoms with van der Waals surface area (Å²) in [4.78, 5) is 7.01. The third kappa shape index (κ3) is 2.03. The maximum atomic E-state index is 8.25. The van der Waals surface area contributed by atoms with Crippen molar-refractivity contribution in [1.82, 2.24) is 4.98 Å². The molecule has 0 aliphatic heterocycles. The first-order chi connectivity index (χ1) is 6.70. The normalized spacial score (nSPS) is 9.64. The summed E-state index contributed by atoms with van der Waals surface area (Å²) in [5.41, 5.74) is 12.8. The summed E-state index contributed by atoms with van der Waals surface area (Å²) in [5, 5.41) is 3.56. The number of hydrogen-bond acceptors (Lipinski definition) is 2. The van der Waals surface area contributed by atoms with Crippen molar-refractivity contribution in [1.29, 1.82) is 0 Å². The lowest BCUT2D eigenvalue weighted by atomic mass is 10.0. The zero-order valence-corrected chi connectivity index (χ0v) is 8.78. The molecule has 0 saturated heterocycles. The van der Waals surface area contributed by atoms with E-state index in [1.165, 1.54) is 11.1 Å². The minimum Gasteiger partial charge on any atom is -0.261 e. The van der Waals surface area contributed by atoms with Crippen LogP contribution in [0.25, 0.3) is 10.4 Å². The summed E-state index contributed by atoms with van der Waals surface area (Å²) in [7, 11) is 0. The van der Waals surface area contributed by atoms with Crippen molar-refractivity contribution in [3.05, 3.63) is 39.0 Å². The fourth-order valence-electron chi connectivity index (χ4n) is 1.54. The molecule has 0 amide bonds. The zero-order valence-electron chi connectivity index (χ0n) is 8.78. The molecule has 0 aliphatic rings. The van der Waals surface area contributed by atoms with Gasteiger partial charge in [0.15, 0.2) is 0 Å². The molecule has 0 aromatic carbocycles. The molecule has 0 N–H and O–H groups in total. The van der Waals surface area contributed by atoms with Crippen LogP contribution in [-0.2, 0) is 13.0 Å². The van der Waals surface area contributed by atoms with Gasteiger partial charge in [-0.25, -0.2) is 0 Å². The Kier molecular flexibility index (Phi) is 3.48. The molecule has 0 aliphatic carbocycles. The SMILES string of the molecule is CCc1c(CN=[N+]=[N-])cnc(C)c1C. The van der Waals surface area contributed by atoms with Gasteiger partial charge in [0.05, 0.1) is 6.54 Å². The Hall–Kier alpha value is -1.54. The van der Waals surface area contributed by atoms with Gasteiger partial charge >= 0.3 is 0 Å². The van der Waals surface area contributed by atoms with Gasteiger partial charge in [0.1, 0.15) is 0 Å². The number of hydrogen-bond donors (Lipinski definition) is 0. The van der Waals surface area contributed by atoms with Crippen LogP contribution in [0, 0.1) is 13.8 Å². The van der Waals surface area contributed by atoms with Crippen LogP contribution < -0.4 is 0 Å². The van der Waals surface area contributed by atoms with Crippen molar-refractivity contribution < 1.29 is 0 Å². The van der Waals surface area contributed by atoms with Gasteiger partial charge in [-0.1, -0.05) is 12.0 Å². The first-order valence-corrected chi connectivity index (χ1v) is 4.65. The van der Waals surface area contributed by atoms with Crippen LogP contribution in [-0.4, -0.2) is 4.98 Å². The van der Waals surface area contributed by atoms with Crippen molar-refractivity contribution in [3.63, 3.8) is 0 Å². The molecule has 4 heteroatoms. The predicted molar refractivity (Wildman–Crippen MR) is 55.9 cm³/mol. The van der Waals surface area contributed by atoms with E-state index in [0.29, 0.717) is 6.54 Å². The van der Waals surface area contributed by atoms with Crippen LogP contribution in [0.4, 0.5) is 0 Å². The number of pyridine rings is 1. The Morgan fingerprint density at radius 2 is 2.21 bits per heavy atom. The Labute approximate surface area is 83.6 Å². The third-order valence-electron chi connectivity index (χ3n) is 2.45. The average molecular weight is 190 g/mol. The second kappa shape index (κ2) is 4.63. The van der Waals surface area contributed by atoms with Crippen LogP contribution in [0.3, 0.4) is 0 Å². The molecule has 0 radical (unpaired) electrons. The summed E-state index contributed by atoms with van der Waals surface area (Å²) in [5.74, 6) is 0. The number of nitrogens with zero attached hydrogens (tertiary/aromatic N) is 4. The van der Waals surface area contributed by atoms with E-state index in [-0.39, 0.29) is 0 Å². The molecule has 1 rings (SSSR count). The van der Waals surface area contributed by atoms with E-state index < -0.39 is 0 Å². The highest BCUT2D eigenvalue weighted by molar-refractivity contribution is 5.35. The fraction of sp³-hybridized carbons (Fsp3) is 0.500. The van der Waals surface area contributed by atoms with Crippen LogP contribution in [0.1, 0.15) is 29.3 Å². The third-order valence-corrected chi connectivity index (χ3v) is 2.45. The molecule has 4 nitrogen and oxygen atoms in total. The van der Waals surface area contributed by atoms with Gasteiger partial charge in [0.2, 0.25) is 0 Å². The molecule has 1 aromatic heterocycles. The number of azide groups is 1. The monoisotopic (exact) mass is 190 g/mol. The van der Waals surface area contributed by atoms with Gasteiger partial charge in [0.25, 0.3) is 0 Å². The quantitative estimate of drug-likeness (QED) is 0.410. The van der Waals surface area contributed by atoms with Crippen LogP contribution in [0.5, 0.6) is 0 Å².